The fraction of sp³-hybridized carbons (Fsp3) is 0.545. The molecule has 1 atom stereocenters. The number of nitrogen functional groups attached to an aromatic ring is 1. The summed E-state index contributed by atoms with van der Waals surface area (Å²) in [6, 6.07) is 1.14. The van der Waals surface area contributed by atoms with E-state index in [4.69, 9.17) is 17.3 Å². The van der Waals surface area contributed by atoms with Crippen LogP contribution in [0.2, 0.25) is 5.15 Å². The fourth-order valence-electron chi connectivity index (χ4n) is 1.60. The molecule has 1 amide bonds. The number of rotatable bonds is 5. The summed E-state index contributed by atoms with van der Waals surface area (Å²) in [6.45, 7) is 7.00. The van der Waals surface area contributed by atoms with Gasteiger partial charge in [-0.05, 0) is 20.8 Å². The Bertz CT molecular complexity index is 402. The number of nitrogens with one attached hydrogen (secondary N) is 1. The number of halogens is 1. The molecule has 0 fully saturated rings. The number of aromatic nitrogens is 2. The number of carbonyl (C=O) groups excluding carboxylic acids is 1. The highest BCUT2D eigenvalue weighted by Crippen LogP contribution is 2.13. The Labute approximate surface area is 112 Å². The van der Waals surface area contributed by atoms with Gasteiger partial charge >= 0.3 is 0 Å². The second-order valence-corrected chi connectivity index (χ2v) is 4.20. The van der Waals surface area contributed by atoms with Crippen molar-refractivity contribution in [3.8, 4) is 0 Å². The van der Waals surface area contributed by atoms with Crippen LogP contribution in [0.5, 0.6) is 0 Å². The average Bonchev–Trinajstić information content (AvgIpc) is 2.28. The summed E-state index contributed by atoms with van der Waals surface area (Å²) < 4.78 is 0. The predicted octanol–water partition coefficient (Wildman–Crippen LogP) is 1.38. The number of carbonyl (C=O) groups is 1. The number of amides is 1. The van der Waals surface area contributed by atoms with Crippen LogP contribution in [-0.4, -0.2) is 39.9 Å². The number of hydrogen-bond acceptors (Lipinski definition) is 5. The lowest BCUT2D eigenvalue weighted by molar-refractivity contribution is -0.131. The molecule has 7 heteroatoms. The first-order chi connectivity index (χ1) is 8.47. The molecule has 1 heterocycles. The number of nitrogens with zero attached hydrogens (tertiary/aromatic N) is 3. The van der Waals surface area contributed by atoms with E-state index in [-0.39, 0.29) is 17.0 Å². The lowest BCUT2D eigenvalue weighted by atomic mass is 10.2. The average molecular weight is 272 g/mol. The van der Waals surface area contributed by atoms with Crippen LogP contribution >= 0.6 is 11.6 Å². The molecule has 1 unspecified atom stereocenters. The maximum Gasteiger partial charge on any atom is 0.244 e. The Morgan fingerprint density at radius 1 is 1.50 bits per heavy atom. The van der Waals surface area contributed by atoms with Gasteiger partial charge in [-0.2, -0.15) is 4.98 Å². The maximum absolute atomic E-state index is 12.0. The third-order valence-electron chi connectivity index (χ3n) is 2.52. The minimum absolute atomic E-state index is 0.00769. The van der Waals surface area contributed by atoms with E-state index in [1.54, 1.807) is 11.8 Å². The van der Waals surface area contributed by atoms with Gasteiger partial charge in [-0.1, -0.05) is 11.6 Å². The molecule has 0 aliphatic rings. The summed E-state index contributed by atoms with van der Waals surface area (Å²) in [7, 11) is 0. The molecule has 18 heavy (non-hydrogen) atoms. The van der Waals surface area contributed by atoms with E-state index in [2.05, 4.69) is 15.3 Å². The van der Waals surface area contributed by atoms with Crippen LogP contribution in [0, 0.1) is 0 Å². The molecular weight excluding hydrogens is 254 g/mol. The molecule has 0 bridgehead atoms. The highest BCUT2D eigenvalue weighted by atomic mass is 35.5. The Morgan fingerprint density at radius 2 is 2.11 bits per heavy atom. The lowest BCUT2D eigenvalue weighted by Gasteiger charge is -2.23. The normalized spacial score (nSPS) is 12.0. The van der Waals surface area contributed by atoms with Gasteiger partial charge in [0.25, 0.3) is 0 Å². The number of nitrogens with two attached hydrogens (primary N) is 1. The molecule has 1 rings (SSSR count). The van der Waals surface area contributed by atoms with Gasteiger partial charge in [0.15, 0.2) is 0 Å². The van der Waals surface area contributed by atoms with E-state index in [0.717, 1.165) is 0 Å². The topological polar surface area (TPSA) is 84.1 Å². The molecule has 0 spiro atoms. The Hall–Kier alpha value is -1.56. The second-order valence-electron chi connectivity index (χ2n) is 3.81. The molecule has 0 radical (unpaired) electrons. The van der Waals surface area contributed by atoms with Crippen molar-refractivity contribution in [1.82, 2.24) is 14.9 Å². The van der Waals surface area contributed by atoms with Crippen molar-refractivity contribution in [1.29, 1.82) is 0 Å². The summed E-state index contributed by atoms with van der Waals surface area (Å²) in [5, 5.41) is 3.21. The van der Waals surface area contributed by atoms with Crippen molar-refractivity contribution >= 4 is 29.3 Å². The molecule has 0 aliphatic heterocycles. The minimum Gasteiger partial charge on any atom is -0.368 e. The minimum atomic E-state index is -0.393. The molecule has 0 aliphatic carbocycles. The fourth-order valence-corrected chi connectivity index (χ4v) is 1.79. The number of likely N-dealkylation sites (N-methyl/N-ethyl adjacent to an activating group) is 1. The largest absolute Gasteiger partial charge is 0.368 e. The number of anilines is 2. The SMILES string of the molecule is CCN(CC)C(=O)C(C)Nc1cc(Cl)nc(N)n1. The van der Waals surface area contributed by atoms with Crippen molar-refractivity contribution in [2.24, 2.45) is 0 Å². The van der Waals surface area contributed by atoms with Crippen LogP contribution in [0.4, 0.5) is 11.8 Å². The van der Waals surface area contributed by atoms with Gasteiger partial charge in [0.2, 0.25) is 11.9 Å². The quantitative estimate of drug-likeness (QED) is 0.791. The van der Waals surface area contributed by atoms with E-state index in [1.165, 1.54) is 6.07 Å². The van der Waals surface area contributed by atoms with Crippen molar-refractivity contribution in [2.75, 3.05) is 24.1 Å². The summed E-state index contributed by atoms with van der Waals surface area (Å²) >= 11 is 5.76. The van der Waals surface area contributed by atoms with Crippen LogP contribution in [0.1, 0.15) is 20.8 Å². The molecule has 1 aromatic rings. The smallest absolute Gasteiger partial charge is 0.244 e. The molecule has 0 saturated carbocycles. The van der Waals surface area contributed by atoms with E-state index < -0.39 is 6.04 Å². The van der Waals surface area contributed by atoms with Crippen LogP contribution in [-0.2, 0) is 4.79 Å². The van der Waals surface area contributed by atoms with Gasteiger partial charge in [-0.15, -0.1) is 0 Å². The van der Waals surface area contributed by atoms with Gasteiger partial charge in [-0.3, -0.25) is 4.79 Å². The number of hydrogen-bond donors (Lipinski definition) is 2. The molecule has 3 N–H and O–H groups in total. The van der Waals surface area contributed by atoms with Gasteiger partial charge in [0.1, 0.15) is 17.0 Å². The Balaban J connectivity index is 2.74. The van der Waals surface area contributed by atoms with Crippen molar-refractivity contribution < 1.29 is 4.79 Å². The second kappa shape index (κ2) is 6.39. The Kier molecular flexibility index (Phi) is 5.15. The summed E-state index contributed by atoms with van der Waals surface area (Å²) in [5.74, 6) is 0.529. The van der Waals surface area contributed by atoms with Crippen molar-refractivity contribution in [3.05, 3.63) is 11.2 Å². The first-order valence-electron chi connectivity index (χ1n) is 5.83. The van der Waals surface area contributed by atoms with E-state index >= 15 is 0 Å². The van der Waals surface area contributed by atoms with Gasteiger partial charge < -0.3 is 16.0 Å². The van der Waals surface area contributed by atoms with Crippen LogP contribution in [0.3, 0.4) is 0 Å². The Morgan fingerprint density at radius 3 is 2.61 bits per heavy atom. The zero-order chi connectivity index (χ0) is 13.7. The zero-order valence-corrected chi connectivity index (χ0v) is 11.5. The first kappa shape index (κ1) is 14.5. The van der Waals surface area contributed by atoms with Crippen LogP contribution < -0.4 is 11.1 Å². The van der Waals surface area contributed by atoms with E-state index in [9.17, 15) is 4.79 Å². The molecule has 0 saturated heterocycles. The van der Waals surface area contributed by atoms with Gasteiger partial charge in [0.05, 0.1) is 0 Å². The third kappa shape index (κ3) is 3.73. The first-order valence-corrected chi connectivity index (χ1v) is 6.21. The zero-order valence-electron chi connectivity index (χ0n) is 10.8. The standard InChI is InChI=1S/C11H18ClN5O/c1-4-17(5-2)10(18)7(3)14-9-6-8(12)15-11(13)16-9/h6-7H,4-5H2,1-3H3,(H3,13,14,15,16). The van der Waals surface area contributed by atoms with Crippen LogP contribution in [0.25, 0.3) is 0 Å². The highest BCUT2D eigenvalue weighted by Gasteiger charge is 2.18. The molecular formula is C11H18ClN5O. The van der Waals surface area contributed by atoms with Crippen molar-refractivity contribution in [3.63, 3.8) is 0 Å². The van der Waals surface area contributed by atoms with Gasteiger partial charge in [0, 0.05) is 19.2 Å². The van der Waals surface area contributed by atoms with Crippen LogP contribution in [0.15, 0.2) is 6.07 Å². The van der Waals surface area contributed by atoms with Gasteiger partial charge in [-0.25, -0.2) is 4.98 Å². The summed E-state index contributed by atoms with van der Waals surface area (Å²) in [4.78, 5) is 21.5. The maximum atomic E-state index is 12.0. The van der Waals surface area contributed by atoms with Crippen molar-refractivity contribution in [2.45, 2.75) is 26.8 Å². The highest BCUT2D eigenvalue weighted by molar-refractivity contribution is 6.29. The molecule has 100 valence electrons. The summed E-state index contributed by atoms with van der Waals surface area (Å²) in [5.41, 5.74) is 5.48. The molecule has 0 aromatic carbocycles. The molecule has 1 aromatic heterocycles. The molecule has 6 nitrogen and oxygen atoms in total. The van der Waals surface area contributed by atoms with E-state index in [1.807, 2.05) is 13.8 Å². The summed E-state index contributed by atoms with van der Waals surface area (Å²) in [6.07, 6.45) is 0. The lowest BCUT2D eigenvalue weighted by Crippen LogP contribution is -2.41. The predicted molar refractivity (Wildman–Crippen MR) is 72.5 cm³/mol. The monoisotopic (exact) mass is 271 g/mol. The third-order valence-corrected chi connectivity index (χ3v) is 2.72. The van der Waals surface area contributed by atoms with E-state index in [0.29, 0.717) is 18.9 Å².